The van der Waals surface area contributed by atoms with Crippen molar-refractivity contribution in [3.63, 3.8) is 0 Å². The third-order valence-corrected chi connectivity index (χ3v) is 4.05. The molecule has 0 aliphatic carbocycles. The van der Waals surface area contributed by atoms with Gasteiger partial charge in [0.2, 0.25) is 0 Å². The Morgan fingerprint density at radius 1 is 1.12 bits per heavy atom. The van der Waals surface area contributed by atoms with Crippen molar-refractivity contribution in [2.24, 2.45) is 5.73 Å². The van der Waals surface area contributed by atoms with E-state index in [1.54, 1.807) is 11.3 Å². The van der Waals surface area contributed by atoms with E-state index in [4.69, 9.17) is 5.73 Å². The summed E-state index contributed by atoms with van der Waals surface area (Å²) < 4.78 is 3.57. The van der Waals surface area contributed by atoms with Crippen molar-refractivity contribution < 1.29 is 0 Å². The van der Waals surface area contributed by atoms with Gasteiger partial charge in [-0.1, -0.05) is 18.2 Å². The summed E-state index contributed by atoms with van der Waals surface area (Å²) in [6.45, 7) is 1.50. The minimum atomic E-state index is 0.592. The van der Waals surface area contributed by atoms with E-state index in [1.165, 1.54) is 21.3 Å². The lowest BCUT2D eigenvalue weighted by Gasteiger charge is -2.06. The highest BCUT2D eigenvalue weighted by Crippen LogP contribution is 2.26. The van der Waals surface area contributed by atoms with Crippen molar-refractivity contribution in [1.29, 1.82) is 0 Å². The van der Waals surface area contributed by atoms with Gasteiger partial charge in [-0.05, 0) is 34.5 Å². The number of nitrogens with zero attached hydrogens (tertiary/aromatic N) is 1. The third-order valence-electron chi connectivity index (χ3n) is 3.03. The largest absolute Gasteiger partial charge is 0.346 e. The first-order chi connectivity index (χ1) is 8.38. The Morgan fingerprint density at radius 3 is 2.88 bits per heavy atom. The zero-order chi connectivity index (χ0) is 11.7. The summed E-state index contributed by atoms with van der Waals surface area (Å²) in [6.07, 6.45) is 2.09. The third kappa shape index (κ3) is 1.88. The Balaban J connectivity index is 2.00. The van der Waals surface area contributed by atoms with Gasteiger partial charge in [0.15, 0.2) is 0 Å². The number of hydrogen-bond acceptors (Lipinski definition) is 2. The lowest BCUT2D eigenvalue weighted by molar-refractivity contribution is 0.749. The van der Waals surface area contributed by atoms with E-state index >= 15 is 0 Å². The maximum absolute atomic E-state index is 5.72. The van der Waals surface area contributed by atoms with Gasteiger partial charge in [-0.3, -0.25) is 0 Å². The zero-order valence-electron chi connectivity index (χ0n) is 9.47. The van der Waals surface area contributed by atoms with E-state index in [0.717, 1.165) is 6.54 Å². The molecule has 2 heterocycles. The van der Waals surface area contributed by atoms with E-state index in [1.807, 2.05) is 0 Å². The summed E-state index contributed by atoms with van der Waals surface area (Å²) in [4.78, 5) is 0. The van der Waals surface area contributed by atoms with Crippen LogP contribution in [0.5, 0.6) is 0 Å². The molecule has 0 unspecified atom stereocenters. The molecule has 0 bridgehead atoms. The Bertz CT molecular complexity index is 636. The summed E-state index contributed by atoms with van der Waals surface area (Å²) in [7, 11) is 0. The summed E-state index contributed by atoms with van der Waals surface area (Å²) >= 11 is 1.80. The molecular weight excluding hydrogens is 228 g/mol. The normalized spacial score (nSPS) is 11.1. The van der Waals surface area contributed by atoms with Crippen molar-refractivity contribution in [2.75, 3.05) is 0 Å². The molecule has 0 amide bonds. The fourth-order valence-electron chi connectivity index (χ4n) is 2.13. The number of benzene rings is 1. The monoisotopic (exact) mass is 242 g/mol. The number of hydrogen-bond donors (Lipinski definition) is 1. The number of nitrogens with two attached hydrogens (primary N) is 1. The molecule has 0 fully saturated rings. The molecule has 17 heavy (non-hydrogen) atoms. The molecule has 2 aromatic heterocycles. The van der Waals surface area contributed by atoms with Crippen molar-refractivity contribution in [1.82, 2.24) is 4.57 Å². The molecule has 2 N–H and O–H groups in total. The van der Waals surface area contributed by atoms with Gasteiger partial charge in [0.25, 0.3) is 0 Å². The van der Waals surface area contributed by atoms with Crippen LogP contribution in [0, 0.1) is 0 Å². The topological polar surface area (TPSA) is 30.9 Å². The van der Waals surface area contributed by atoms with Crippen LogP contribution < -0.4 is 5.73 Å². The van der Waals surface area contributed by atoms with Crippen molar-refractivity contribution in [3.8, 4) is 0 Å². The van der Waals surface area contributed by atoms with E-state index in [2.05, 4.69) is 52.5 Å². The first-order valence-electron chi connectivity index (χ1n) is 5.67. The highest BCUT2D eigenvalue weighted by atomic mass is 32.1. The van der Waals surface area contributed by atoms with E-state index < -0.39 is 0 Å². The molecule has 3 heteroatoms. The molecule has 86 valence electrons. The lowest BCUT2D eigenvalue weighted by Crippen LogP contribution is -2.06. The van der Waals surface area contributed by atoms with Gasteiger partial charge in [0.05, 0.1) is 0 Å². The summed E-state index contributed by atoms with van der Waals surface area (Å²) in [5.41, 5.74) is 8.27. The SMILES string of the molecule is NCc1cccn1Cc1csc2ccccc12. The maximum atomic E-state index is 5.72. The van der Waals surface area contributed by atoms with Gasteiger partial charge >= 0.3 is 0 Å². The molecular formula is C14H14N2S. The number of rotatable bonds is 3. The second-order valence-electron chi connectivity index (χ2n) is 4.09. The van der Waals surface area contributed by atoms with Gasteiger partial charge in [-0.25, -0.2) is 0 Å². The molecule has 0 saturated heterocycles. The average molecular weight is 242 g/mol. The summed E-state index contributed by atoms with van der Waals surface area (Å²) in [5, 5.41) is 3.60. The van der Waals surface area contributed by atoms with Gasteiger partial charge in [-0.15, -0.1) is 11.3 Å². The molecule has 0 radical (unpaired) electrons. The van der Waals surface area contributed by atoms with Crippen LogP contribution in [0.2, 0.25) is 0 Å². The van der Waals surface area contributed by atoms with E-state index in [-0.39, 0.29) is 0 Å². The van der Waals surface area contributed by atoms with Crippen molar-refractivity contribution in [3.05, 3.63) is 59.2 Å². The molecule has 0 aliphatic heterocycles. The van der Waals surface area contributed by atoms with Gasteiger partial charge in [0, 0.05) is 29.7 Å². The van der Waals surface area contributed by atoms with Crippen LogP contribution in [-0.2, 0) is 13.1 Å². The number of aromatic nitrogens is 1. The predicted octanol–water partition coefficient (Wildman–Crippen LogP) is 3.21. The Labute approximate surface area is 104 Å². The second kappa shape index (κ2) is 4.35. The van der Waals surface area contributed by atoms with Crippen LogP contribution in [-0.4, -0.2) is 4.57 Å². The van der Waals surface area contributed by atoms with Crippen LogP contribution in [0.1, 0.15) is 11.3 Å². The van der Waals surface area contributed by atoms with Crippen molar-refractivity contribution in [2.45, 2.75) is 13.1 Å². The molecule has 0 atom stereocenters. The summed E-state index contributed by atoms with van der Waals surface area (Å²) in [5.74, 6) is 0. The lowest BCUT2D eigenvalue weighted by atomic mass is 10.2. The minimum absolute atomic E-state index is 0.592. The molecule has 3 aromatic rings. The van der Waals surface area contributed by atoms with E-state index in [9.17, 15) is 0 Å². The van der Waals surface area contributed by atoms with Gasteiger partial charge < -0.3 is 10.3 Å². The fourth-order valence-corrected chi connectivity index (χ4v) is 3.08. The van der Waals surface area contributed by atoms with Crippen molar-refractivity contribution >= 4 is 21.4 Å². The highest BCUT2D eigenvalue weighted by Gasteiger charge is 2.05. The molecule has 0 aliphatic rings. The van der Waals surface area contributed by atoms with Crippen LogP contribution in [0.4, 0.5) is 0 Å². The minimum Gasteiger partial charge on any atom is -0.346 e. The molecule has 0 spiro atoms. The Kier molecular flexibility index (Phi) is 2.71. The van der Waals surface area contributed by atoms with Gasteiger partial charge in [-0.2, -0.15) is 0 Å². The summed E-state index contributed by atoms with van der Waals surface area (Å²) in [6, 6.07) is 12.7. The molecule has 0 saturated carbocycles. The first kappa shape index (κ1) is 10.6. The number of thiophene rings is 1. The Morgan fingerprint density at radius 2 is 2.00 bits per heavy atom. The van der Waals surface area contributed by atoms with Crippen LogP contribution in [0.3, 0.4) is 0 Å². The standard InChI is InChI=1S/C14H14N2S/c15-8-12-4-3-7-16(12)9-11-10-17-14-6-2-1-5-13(11)14/h1-7,10H,8-9,15H2. The first-order valence-corrected chi connectivity index (χ1v) is 6.55. The predicted molar refractivity (Wildman–Crippen MR) is 73.3 cm³/mol. The van der Waals surface area contributed by atoms with Crippen LogP contribution in [0.15, 0.2) is 48.0 Å². The highest BCUT2D eigenvalue weighted by molar-refractivity contribution is 7.17. The Hall–Kier alpha value is -1.58. The molecule has 2 nitrogen and oxygen atoms in total. The quantitative estimate of drug-likeness (QED) is 0.751. The molecule has 3 rings (SSSR count). The van der Waals surface area contributed by atoms with Crippen LogP contribution >= 0.6 is 11.3 Å². The van der Waals surface area contributed by atoms with Gasteiger partial charge in [0.1, 0.15) is 0 Å². The van der Waals surface area contributed by atoms with Crippen LogP contribution in [0.25, 0.3) is 10.1 Å². The van der Waals surface area contributed by atoms with E-state index in [0.29, 0.717) is 6.54 Å². The zero-order valence-corrected chi connectivity index (χ0v) is 10.3. The maximum Gasteiger partial charge on any atom is 0.0487 e. The fraction of sp³-hybridized carbons (Fsp3) is 0.143. The number of fused-ring (bicyclic) bond motifs is 1. The smallest absolute Gasteiger partial charge is 0.0487 e. The second-order valence-corrected chi connectivity index (χ2v) is 5.00. The average Bonchev–Trinajstić information content (AvgIpc) is 2.97. The molecule has 1 aromatic carbocycles.